The highest BCUT2D eigenvalue weighted by Gasteiger charge is 2.22. The molecule has 2 rings (SSSR count). The predicted molar refractivity (Wildman–Crippen MR) is 78.7 cm³/mol. The molecule has 1 saturated heterocycles. The molecule has 1 unspecified atom stereocenters. The zero-order chi connectivity index (χ0) is 13.0. The third-order valence-electron chi connectivity index (χ3n) is 3.66. The second-order valence-corrected chi connectivity index (χ2v) is 5.77. The Labute approximate surface area is 117 Å². The Morgan fingerprint density at radius 1 is 1.33 bits per heavy atom. The van der Waals surface area contributed by atoms with Gasteiger partial charge in [-0.2, -0.15) is 0 Å². The van der Waals surface area contributed by atoms with E-state index in [1.54, 1.807) is 0 Å². The van der Waals surface area contributed by atoms with Crippen molar-refractivity contribution in [2.75, 3.05) is 18.1 Å². The molecule has 1 aromatic rings. The van der Waals surface area contributed by atoms with E-state index >= 15 is 0 Å². The molecule has 3 nitrogen and oxygen atoms in total. The molecule has 0 bridgehead atoms. The number of hydrogen-bond acceptors (Lipinski definition) is 3. The van der Waals surface area contributed by atoms with E-state index in [9.17, 15) is 5.11 Å². The van der Waals surface area contributed by atoms with E-state index < -0.39 is 0 Å². The summed E-state index contributed by atoms with van der Waals surface area (Å²) < 4.78 is 1.06. The fourth-order valence-corrected chi connectivity index (χ4v) is 3.09. The second kappa shape index (κ2) is 6.55. The Bertz CT molecular complexity index is 397. The van der Waals surface area contributed by atoms with Gasteiger partial charge >= 0.3 is 0 Å². The molecule has 18 heavy (non-hydrogen) atoms. The minimum atomic E-state index is 0.222. The first-order valence-corrected chi connectivity index (χ1v) is 7.41. The lowest BCUT2D eigenvalue weighted by atomic mass is 10.1. The maximum atomic E-state index is 9.58. The molecule has 0 amide bonds. The number of anilines is 1. The third-order valence-corrected chi connectivity index (χ3v) is 4.15. The maximum absolute atomic E-state index is 9.58. The monoisotopic (exact) mass is 312 g/mol. The Hall–Kier alpha value is -0.580. The number of halogens is 1. The van der Waals surface area contributed by atoms with Gasteiger partial charge in [0.05, 0.1) is 12.6 Å². The molecule has 1 aromatic carbocycles. The van der Waals surface area contributed by atoms with Crippen LogP contribution in [0.25, 0.3) is 0 Å². The lowest BCUT2D eigenvalue weighted by molar-refractivity contribution is 0.255. The summed E-state index contributed by atoms with van der Waals surface area (Å²) in [5.74, 6) is 0. The van der Waals surface area contributed by atoms with Crippen LogP contribution in [0, 0.1) is 0 Å². The van der Waals surface area contributed by atoms with Crippen molar-refractivity contribution >= 4 is 21.6 Å². The highest BCUT2D eigenvalue weighted by atomic mass is 79.9. The molecule has 3 N–H and O–H groups in total. The van der Waals surface area contributed by atoms with E-state index in [1.807, 2.05) is 6.07 Å². The van der Waals surface area contributed by atoms with E-state index in [-0.39, 0.29) is 12.6 Å². The van der Waals surface area contributed by atoms with Crippen LogP contribution in [-0.2, 0) is 6.54 Å². The fraction of sp³-hybridized carbons (Fsp3) is 0.571. The van der Waals surface area contributed by atoms with E-state index in [2.05, 4.69) is 33.0 Å². The Kier molecular flexibility index (Phi) is 5.03. The molecular formula is C14H21BrN2O. The van der Waals surface area contributed by atoms with Gasteiger partial charge in [0.15, 0.2) is 0 Å². The standard InChI is InChI=1S/C14H21BrN2O/c15-12-5-6-14(11(8-12)9-16)17-7-3-1-2-4-13(17)10-18/h5-6,8,13,18H,1-4,7,9-10,16H2. The number of hydrogen-bond donors (Lipinski definition) is 2. The molecule has 1 fully saturated rings. The van der Waals surface area contributed by atoms with Crippen LogP contribution in [-0.4, -0.2) is 24.3 Å². The summed E-state index contributed by atoms with van der Waals surface area (Å²) in [6.45, 7) is 1.77. The summed E-state index contributed by atoms with van der Waals surface area (Å²) >= 11 is 3.49. The fourth-order valence-electron chi connectivity index (χ4n) is 2.68. The van der Waals surface area contributed by atoms with Crippen LogP contribution < -0.4 is 10.6 Å². The largest absolute Gasteiger partial charge is 0.394 e. The first kappa shape index (κ1) is 13.8. The Balaban J connectivity index is 2.32. The van der Waals surface area contributed by atoms with Crippen molar-refractivity contribution in [3.63, 3.8) is 0 Å². The molecule has 4 heteroatoms. The highest BCUT2D eigenvalue weighted by Crippen LogP contribution is 2.29. The van der Waals surface area contributed by atoms with Gasteiger partial charge < -0.3 is 15.7 Å². The van der Waals surface area contributed by atoms with Crippen LogP contribution in [0.2, 0.25) is 0 Å². The average Bonchev–Trinajstić information content (AvgIpc) is 2.63. The first-order chi connectivity index (χ1) is 8.76. The van der Waals surface area contributed by atoms with Crippen molar-refractivity contribution in [1.82, 2.24) is 0 Å². The molecule has 0 aromatic heterocycles. The minimum absolute atomic E-state index is 0.222. The van der Waals surface area contributed by atoms with Gasteiger partial charge in [0.2, 0.25) is 0 Å². The van der Waals surface area contributed by atoms with Crippen molar-refractivity contribution < 1.29 is 5.11 Å². The van der Waals surface area contributed by atoms with E-state index in [0.717, 1.165) is 23.0 Å². The molecule has 1 aliphatic rings. The summed E-state index contributed by atoms with van der Waals surface area (Å²) in [6.07, 6.45) is 4.71. The van der Waals surface area contributed by atoms with Crippen LogP contribution in [0.5, 0.6) is 0 Å². The molecular weight excluding hydrogens is 292 g/mol. The van der Waals surface area contributed by atoms with Crippen LogP contribution in [0.15, 0.2) is 22.7 Å². The van der Waals surface area contributed by atoms with Crippen molar-refractivity contribution in [1.29, 1.82) is 0 Å². The summed E-state index contributed by atoms with van der Waals surface area (Å²) in [5, 5.41) is 9.58. The van der Waals surface area contributed by atoms with Gasteiger partial charge in [0, 0.05) is 23.2 Å². The topological polar surface area (TPSA) is 49.5 Å². The summed E-state index contributed by atoms with van der Waals surface area (Å²) in [4.78, 5) is 2.33. The molecule has 0 spiro atoms. The van der Waals surface area contributed by atoms with Crippen molar-refractivity contribution in [2.24, 2.45) is 5.73 Å². The second-order valence-electron chi connectivity index (χ2n) is 4.86. The van der Waals surface area contributed by atoms with E-state index in [1.165, 1.54) is 24.9 Å². The first-order valence-electron chi connectivity index (χ1n) is 6.62. The lowest BCUT2D eigenvalue weighted by Crippen LogP contribution is -2.38. The molecule has 0 radical (unpaired) electrons. The van der Waals surface area contributed by atoms with Gasteiger partial charge in [-0.05, 0) is 36.6 Å². The van der Waals surface area contributed by atoms with Gasteiger partial charge in [-0.1, -0.05) is 28.8 Å². The van der Waals surface area contributed by atoms with Crippen molar-refractivity contribution in [2.45, 2.75) is 38.3 Å². The summed E-state index contributed by atoms with van der Waals surface area (Å²) in [5.41, 5.74) is 8.17. The van der Waals surface area contributed by atoms with Crippen LogP contribution in [0.1, 0.15) is 31.2 Å². The molecule has 0 saturated carbocycles. The highest BCUT2D eigenvalue weighted by molar-refractivity contribution is 9.10. The van der Waals surface area contributed by atoms with Gasteiger partial charge in [-0.15, -0.1) is 0 Å². The molecule has 1 heterocycles. The van der Waals surface area contributed by atoms with Gasteiger partial charge in [0.1, 0.15) is 0 Å². The average molecular weight is 313 g/mol. The molecule has 100 valence electrons. The van der Waals surface area contributed by atoms with Crippen molar-refractivity contribution in [3.8, 4) is 0 Å². The number of rotatable bonds is 3. The van der Waals surface area contributed by atoms with Gasteiger partial charge in [-0.25, -0.2) is 0 Å². The number of aliphatic hydroxyl groups excluding tert-OH is 1. The molecule has 1 aliphatic heterocycles. The lowest BCUT2D eigenvalue weighted by Gasteiger charge is -2.32. The van der Waals surface area contributed by atoms with Crippen LogP contribution >= 0.6 is 15.9 Å². The summed E-state index contributed by atoms with van der Waals surface area (Å²) in [7, 11) is 0. The Morgan fingerprint density at radius 3 is 2.89 bits per heavy atom. The smallest absolute Gasteiger partial charge is 0.0635 e. The molecule has 1 atom stereocenters. The number of aliphatic hydroxyl groups is 1. The van der Waals surface area contributed by atoms with E-state index in [0.29, 0.717) is 6.54 Å². The quantitative estimate of drug-likeness (QED) is 0.902. The van der Waals surface area contributed by atoms with Gasteiger partial charge in [-0.3, -0.25) is 0 Å². The minimum Gasteiger partial charge on any atom is -0.394 e. The van der Waals surface area contributed by atoms with Crippen molar-refractivity contribution in [3.05, 3.63) is 28.2 Å². The van der Waals surface area contributed by atoms with Crippen LogP contribution in [0.3, 0.4) is 0 Å². The zero-order valence-electron chi connectivity index (χ0n) is 10.6. The van der Waals surface area contributed by atoms with Crippen LogP contribution in [0.4, 0.5) is 5.69 Å². The van der Waals surface area contributed by atoms with Gasteiger partial charge in [0.25, 0.3) is 0 Å². The number of benzene rings is 1. The van der Waals surface area contributed by atoms with E-state index in [4.69, 9.17) is 5.73 Å². The normalized spacial score (nSPS) is 20.8. The zero-order valence-corrected chi connectivity index (χ0v) is 12.2. The SMILES string of the molecule is NCc1cc(Br)ccc1N1CCCCCC1CO. The number of nitrogens with zero attached hydrogens (tertiary/aromatic N) is 1. The molecule has 0 aliphatic carbocycles. The maximum Gasteiger partial charge on any atom is 0.0635 e. The number of nitrogens with two attached hydrogens (primary N) is 1. The Morgan fingerprint density at radius 2 is 2.17 bits per heavy atom. The predicted octanol–water partition coefficient (Wildman–Crippen LogP) is 2.65. The summed E-state index contributed by atoms with van der Waals surface area (Å²) in [6, 6.07) is 6.47. The third kappa shape index (κ3) is 3.05.